The maximum Gasteiger partial charge on any atom is 0.213 e. The van der Waals surface area contributed by atoms with Crippen LogP contribution in [-0.2, 0) is 0 Å². The monoisotopic (exact) mass is 247 g/mol. The molecule has 84 valence electrons. The Kier molecular flexibility index (Phi) is 2.22. The Hall–Kier alpha value is -2.08. The van der Waals surface area contributed by atoms with Gasteiger partial charge in [-0.1, -0.05) is 11.3 Å². The normalized spacial score (nSPS) is 10.9. The molecule has 0 amide bonds. The van der Waals surface area contributed by atoms with Crippen LogP contribution < -0.4 is 0 Å². The Labute approximate surface area is 99.3 Å². The number of fused-ring (bicyclic) bond motifs is 1. The highest BCUT2D eigenvalue weighted by molar-refractivity contribution is 7.14. The molecule has 0 saturated heterocycles. The van der Waals surface area contributed by atoms with Crippen molar-refractivity contribution in [1.29, 1.82) is 0 Å². The van der Waals surface area contributed by atoms with Crippen LogP contribution in [0, 0.1) is 5.82 Å². The van der Waals surface area contributed by atoms with Gasteiger partial charge in [-0.25, -0.2) is 9.37 Å². The summed E-state index contributed by atoms with van der Waals surface area (Å²) in [7, 11) is 0. The van der Waals surface area contributed by atoms with Crippen molar-refractivity contribution < 1.29 is 9.18 Å². The Balaban J connectivity index is 2.25. The summed E-state index contributed by atoms with van der Waals surface area (Å²) in [6, 6.07) is 5.86. The fourth-order valence-corrected chi connectivity index (χ4v) is 2.26. The van der Waals surface area contributed by atoms with E-state index in [1.165, 1.54) is 28.0 Å². The van der Waals surface area contributed by atoms with Crippen LogP contribution in [0.25, 0.3) is 16.2 Å². The largest absolute Gasteiger partial charge is 0.296 e. The zero-order chi connectivity index (χ0) is 11.8. The van der Waals surface area contributed by atoms with E-state index in [4.69, 9.17) is 0 Å². The summed E-state index contributed by atoms with van der Waals surface area (Å²) >= 11 is 1.34. The number of halogens is 1. The van der Waals surface area contributed by atoms with Gasteiger partial charge in [0, 0.05) is 5.56 Å². The van der Waals surface area contributed by atoms with Crippen LogP contribution >= 0.6 is 11.3 Å². The molecular formula is C11H6FN3OS. The first kappa shape index (κ1) is 10.1. The third kappa shape index (κ3) is 1.53. The summed E-state index contributed by atoms with van der Waals surface area (Å²) in [6.45, 7) is 0. The average Bonchev–Trinajstić information content (AvgIpc) is 2.89. The molecule has 1 aromatic carbocycles. The molecule has 0 aliphatic heterocycles. The molecule has 0 saturated carbocycles. The topological polar surface area (TPSA) is 47.3 Å². The molecule has 0 fully saturated rings. The second-order valence-corrected chi connectivity index (χ2v) is 4.22. The third-order valence-electron chi connectivity index (χ3n) is 2.41. The highest BCUT2D eigenvalue weighted by atomic mass is 32.1. The number of aromatic nitrogens is 3. The summed E-state index contributed by atoms with van der Waals surface area (Å²) in [6.07, 6.45) is 0.707. The summed E-state index contributed by atoms with van der Waals surface area (Å²) in [5.41, 5.74) is 3.22. The van der Waals surface area contributed by atoms with Crippen molar-refractivity contribution in [2.75, 3.05) is 0 Å². The first-order chi connectivity index (χ1) is 8.29. The van der Waals surface area contributed by atoms with Crippen LogP contribution in [0.1, 0.15) is 10.5 Å². The predicted molar refractivity (Wildman–Crippen MR) is 61.6 cm³/mol. The predicted octanol–water partition coefficient (Wildman–Crippen LogP) is 2.41. The average molecular weight is 247 g/mol. The molecule has 0 bridgehead atoms. The van der Waals surface area contributed by atoms with Crippen molar-refractivity contribution in [2.45, 2.75) is 0 Å². The minimum Gasteiger partial charge on any atom is -0.296 e. The smallest absolute Gasteiger partial charge is 0.213 e. The maximum absolute atomic E-state index is 12.8. The Morgan fingerprint density at radius 3 is 2.76 bits per heavy atom. The number of carbonyl (C=O) groups is 1. The summed E-state index contributed by atoms with van der Waals surface area (Å²) in [5.74, 6) is -0.319. The number of nitrogens with zero attached hydrogens (tertiary/aromatic N) is 3. The lowest BCUT2D eigenvalue weighted by Gasteiger charge is -1.97. The number of hydrogen-bond acceptors (Lipinski definition) is 4. The van der Waals surface area contributed by atoms with E-state index in [1.54, 1.807) is 17.6 Å². The summed E-state index contributed by atoms with van der Waals surface area (Å²) in [4.78, 5) is 16.0. The van der Waals surface area contributed by atoms with E-state index in [-0.39, 0.29) is 5.82 Å². The molecule has 3 rings (SSSR count). The molecule has 6 heteroatoms. The Morgan fingerprint density at radius 2 is 2.06 bits per heavy atom. The molecule has 2 heterocycles. The molecule has 0 spiro atoms. The van der Waals surface area contributed by atoms with E-state index in [0.29, 0.717) is 28.2 Å². The van der Waals surface area contributed by atoms with Crippen LogP contribution in [0.5, 0.6) is 0 Å². The van der Waals surface area contributed by atoms with Gasteiger partial charge in [0.15, 0.2) is 6.29 Å². The number of imidazole rings is 1. The number of hydrogen-bond donors (Lipinski definition) is 0. The van der Waals surface area contributed by atoms with Gasteiger partial charge in [0.25, 0.3) is 0 Å². The fraction of sp³-hybridized carbons (Fsp3) is 0. The highest BCUT2D eigenvalue weighted by Gasteiger charge is 2.14. The Morgan fingerprint density at radius 1 is 1.29 bits per heavy atom. The van der Waals surface area contributed by atoms with E-state index in [9.17, 15) is 9.18 Å². The molecule has 0 aliphatic carbocycles. The van der Waals surface area contributed by atoms with Gasteiger partial charge in [0.1, 0.15) is 22.7 Å². The molecule has 4 nitrogen and oxygen atoms in total. The van der Waals surface area contributed by atoms with Crippen LogP contribution in [0.4, 0.5) is 4.39 Å². The van der Waals surface area contributed by atoms with Crippen LogP contribution in [0.15, 0.2) is 29.8 Å². The lowest BCUT2D eigenvalue weighted by Crippen LogP contribution is -1.92. The van der Waals surface area contributed by atoms with Gasteiger partial charge in [-0.05, 0) is 24.3 Å². The molecular weight excluding hydrogens is 241 g/mol. The first-order valence-electron chi connectivity index (χ1n) is 4.83. The third-order valence-corrected chi connectivity index (χ3v) is 3.08. The molecule has 3 aromatic rings. The number of rotatable bonds is 2. The van der Waals surface area contributed by atoms with Crippen molar-refractivity contribution in [3.63, 3.8) is 0 Å². The zero-order valence-corrected chi connectivity index (χ0v) is 9.32. The SMILES string of the molecule is O=Cc1c(-c2ccc(F)cc2)nc2scnn12. The van der Waals surface area contributed by atoms with Gasteiger partial charge in [0.05, 0.1) is 0 Å². The van der Waals surface area contributed by atoms with E-state index in [2.05, 4.69) is 10.1 Å². The highest BCUT2D eigenvalue weighted by Crippen LogP contribution is 2.24. The Bertz CT molecular complexity index is 686. The summed E-state index contributed by atoms with van der Waals surface area (Å²) in [5, 5.41) is 4.02. The first-order valence-corrected chi connectivity index (χ1v) is 5.71. The van der Waals surface area contributed by atoms with E-state index < -0.39 is 0 Å². The molecule has 0 atom stereocenters. The lowest BCUT2D eigenvalue weighted by molar-refractivity contribution is 0.111. The van der Waals surface area contributed by atoms with Crippen LogP contribution in [-0.4, -0.2) is 20.9 Å². The van der Waals surface area contributed by atoms with Gasteiger partial charge in [0.2, 0.25) is 4.96 Å². The number of aldehydes is 1. The number of benzene rings is 1. The lowest BCUT2D eigenvalue weighted by atomic mass is 10.1. The molecule has 2 aromatic heterocycles. The van der Waals surface area contributed by atoms with Gasteiger partial charge >= 0.3 is 0 Å². The van der Waals surface area contributed by atoms with E-state index in [1.807, 2.05) is 0 Å². The van der Waals surface area contributed by atoms with Crippen molar-refractivity contribution in [2.24, 2.45) is 0 Å². The van der Waals surface area contributed by atoms with E-state index >= 15 is 0 Å². The molecule has 0 unspecified atom stereocenters. The minimum absolute atomic E-state index is 0.319. The standard InChI is InChI=1S/C11H6FN3OS/c12-8-3-1-7(2-4-8)10-9(5-16)15-11(14-10)17-6-13-15/h1-6H. The van der Waals surface area contributed by atoms with Gasteiger partial charge in [-0.2, -0.15) is 9.61 Å². The van der Waals surface area contributed by atoms with Crippen molar-refractivity contribution in [1.82, 2.24) is 14.6 Å². The van der Waals surface area contributed by atoms with E-state index in [0.717, 1.165) is 0 Å². The quantitative estimate of drug-likeness (QED) is 0.653. The molecule has 17 heavy (non-hydrogen) atoms. The zero-order valence-electron chi connectivity index (χ0n) is 8.50. The van der Waals surface area contributed by atoms with Gasteiger partial charge in [-0.15, -0.1) is 0 Å². The van der Waals surface area contributed by atoms with Crippen molar-refractivity contribution in [3.8, 4) is 11.3 Å². The molecule has 0 radical (unpaired) electrons. The van der Waals surface area contributed by atoms with Crippen LogP contribution in [0.3, 0.4) is 0 Å². The second-order valence-electron chi connectivity index (χ2n) is 3.40. The summed E-state index contributed by atoms with van der Waals surface area (Å²) < 4.78 is 14.3. The minimum atomic E-state index is -0.319. The van der Waals surface area contributed by atoms with Crippen LogP contribution in [0.2, 0.25) is 0 Å². The number of carbonyl (C=O) groups excluding carboxylic acids is 1. The van der Waals surface area contributed by atoms with Gasteiger partial charge < -0.3 is 0 Å². The van der Waals surface area contributed by atoms with Gasteiger partial charge in [-0.3, -0.25) is 4.79 Å². The van der Waals surface area contributed by atoms with Crippen molar-refractivity contribution >= 4 is 22.6 Å². The maximum atomic E-state index is 12.8. The molecule has 0 N–H and O–H groups in total. The molecule has 0 aliphatic rings. The van der Waals surface area contributed by atoms with Crippen molar-refractivity contribution in [3.05, 3.63) is 41.3 Å². The second kappa shape index (κ2) is 3.74. The fourth-order valence-electron chi connectivity index (χ4n) is 1.64.